The van der Waals surface area contributed by atoms with Crippen molar-refractivity contribution in [1.82, 2.24) is 4.98 Å². The Morgan fingerprint density at radius 2 is 1.74 bits per heavy atom. The SMILES string of the molecule is CCCCc1ccc(-c2csc(/C(C#N)=C/c3ccc(CC)cc3)n2)cc1. The van der Waals surface area contributed by atoms with Crippen LogP contribution >= 0.6 is 11.3 Å². The van der Waals surface area contributed by atoms with Gasteiger partial charge in [0, 0.05) is 10.9 Å². The Morgan fingerprint density at radius 3 is 2.37 bits per heavy atom. The minimum Gasteiger partial charge on any atom is -0.235 e. The van der Waals surface area contributed by atoms with Crippen LogP contribution in [0, 0.1) is 11.3 Å². The molecule has 0 bridgehead atoms. The number of thiazole rings is 1. The average Bonchev–Trinajstić information content (AvgIpc) is 3.21. The summed E-state index contributed by atoms with van der Waals surface area (Å²) in [6, 6.07) is 19.2. The van der Waals surface area contributed by atoms with Gasteiger partial charge in [-0.2, -0.15) is 5.26 Å². The van der Waals surface area contributed by atoms with E-state index >= 15 is 0 Å². The standard InChI is InChI=1S/C24H24N2S/c1-3-5-6-19-11-13-21(14-12-19)23-17-27-24(26-23)22(16-25)15-20-9-7-18(4-2)8-10-20/h7-15,17H,3-6H2,1-2H3/b22-15+. The van der Waals surface area contributed by atoms with Crippen molar-refractivity contribution in [3.63, 3.8) is 0 Å². The molecule has 0 radical (unpaired) electrons. The van der Waals surface area contributed by atoms with E-state index in [0.29, 0.717) is 5.57 Å². The van der Waals surface area contributed by atoms with E-state index in [4.69, 9.17) is 4.98 Å². The highest BCUT2D eigenvalue weighted by Crippen LogP contribution is 2.27. The van der Waals surface area contributed by atoms with Crippen molar-refractivity contribution in [3.8, 4) is 17.3 Å². The van der Waals surface area contributed by atoms with E-state index < -0.39 is 0 Å². The summed E-state index contributed by atoms with van der Waals surface area (Å²) in [6.45, 7) is 4.35. The lowest BCUT2D eigenvalue weighted by Crippen LogP contribution is -1.86. The van der Waals surface area contributed by atoms with Crippen LogP contribution < -0.4 is 0 Å². The van der Waals surface area contributed by atoms with Gasteiger partial charge in [-0.3, -0.25) is 0 Å². The smallest absolute Gasteiger partial charge is 0.134 e. The van der Waals surface area contributed by atoms with E-state index in [1.807, 2.05) is 11.5 Å². The first-order valence-corrected chi connectivity index (χ1v) is 10.4. The van der Waals surface area contributed by atoms with Gasteiger partial charge >= 0.3 is 0 Å². The summed E-state index contributed by atoms with van der Waals surface area (Å²) in [5.41, 5.74) is 6.33. The number of allylic oxidation sites excluding steroid dienone is 1. The Bertz CT molecular complexity index is 941. The van der Waals surface area contributed by atoms with E-state index in [0.717, 1.165) is 34.7 Å². The first kappa shape index (κ1) is 19.1. The number of hydrogen-bond acceptors (Lipinski definition) is 3. The lowest BCUT2D eigenvalue weighted by Gasteiger charge is -2.01. The largest absolute Gasteiger partial charge is 0.235 e. The molecule has 0 aliphatic rings. The fourth-order valence-electron chi connectivity index (χ4n) is 2.91. The third-order valence-electron chi connectivity index (χ3n) is 4.62. The summed E-state index contributed by atoms with van der Waals surface area (Å²) >= 11 is 1.52. The Morgan fingerprint density at radius 1 is 1.04 bits per heavy atom. The zero-order valence-electron chi connectivity index (χ0n) is 15.9. The Hall–Kier alpha value is -2.70. The molecular weight excluding hydrogens is 348 g/mol. The first-order chi connectivity index (χ1) is 13.2. The molecule has 2 aromatic carbocycles. The predicted octanol–water partition coefficient (Wildman–Crippen LogP) is 6.78. The highest BCUT2D eigenvalue weighted by Gasteiger charge is 2.09. The Balaban J connectivity index is 1.80. The topological polar surface area (TPSA) is 36.7 Å². The van der Waals surface area contributed by atoms with E-state index in [1.165, 1.54) is 35.3 Å². The number of nitrogens with zero attached hydrogens (tertiary/aromatic N) is 2. The molecule has 3 aromatic rings. The fraction of sp³-hybridized carbons (Fsp3) is 0.250. The van der Waals surface area contributed by atoms with Gasteiger partial charge in [-0.25, -0.2) is 4.98 Å². The number of aryl methyl sites for hydroxylation is 2. The second kappa shape index (κ2) is 9.30. The van der Waals surface area contributed by atoms with E-state index in [2.05, 4.69) is 68.4 Å². The molecule has 0 aliphatic heterocycles. The van der Waals surface area contributed by atoms with E-state index in [9.17, 15) is 5.26 Å². The van der Waals surface area contributed by atoms with Crippen LogP contribution in [0.3, 0.4) is 0 Å². The van der Waals surface area contributed by atoms with Crippen molar-refractivity contribution in [1.29, 1.82) is 5.26 Å². The molecule has 0 amide bonds. The second-order valence-corrected chi connectivity index (χ2v) is 7.46. The van der Waals surface area contributed by atoms with E-state index in [-0.39, 0.29) is 0 Å². The lowest BCUT2D eigenvalue weighted by molar-refractivity contribution is 0.795. The first-order valence-electron chi connectivity index (χ1n) is 9.49. The number of benzene rings is 2. The van der Waals surface area contributed by atoms with Crippen molar-refractivity contribution in [2.75, 3.05) is 0 Å². The summed E-state index contributed by atoms with van der Waals surface area (Å²) in [6.07, 6.45) is 6.48. The van der Waals surface area contributed by atoms with Gasteiger partial charge in [0.05, 0.1) is 11.3 Å². The molecule has 0 aliphatic carbocycles. The molecule has 0 unspecified atom stereocenters. The molecule has 0 spiro atoms. The molecular formula is C24H24N2S. The van der Waals surface area contributed by atoms with Crippen molar-refractivity contribution < 1.29 is 0 Å². The lowest BCUT2D eigenvalue weighted by atomic mass is 10.1. The molecule has 27 heavy (non-hydrogen) atoms. The maximum Gasteiger partial charge on any atom is 0.134 e. The maximum atomic E-state index is 9.59. The molecule has 0 N–H and O–H groups in total. The molecule has 1 aromatic heterocycles. The fourth-order valence-corrected chi connectivity index (χ4v) is 3.71. The van der Waals surface area contributed by atoms with Gasteiger partial charge in [0.25, 0.3) is 0 Å². The molecule has 3 rings (SSSR count). The molecule has 0 atom stereocenters. The molecule has 0 saturated heterocycles. The number of rotatable bonds is 7. The van der Waals surface area contributed by atoms with Crippen molar-refractivity contribution in [2.24, 2.45) is 0 Å². The number of hydrogen-bond donors (Lipinski definition) is 0. The molecule has 0 saturated carbocycles. The van der Waals surface area contributed by atoms with Crippen molar-refractivity contribution in [2.45, 2.75) is 39.5 Å². The minimum absolute atomic E-state index is 0.607. The van der Waals surface area contributed by atoms with Crippen LogP contribution in [0.2, 0.25) is 0 Å². The van der Waals surface area contributed by atoms with Gasteiger partial charge in [-0.1, -0.05) is 68.8 Å². The Kier molecular flexibility index (Phi) is 6.57. The average molecular weight is 373 g/mol. The van der Waals surface area contributed by atoms with Crippen LogP contribution in [-0.2, 0) is 12.8 Å². The minimum atomic E-state index is 0.607. The number of unbranched alkanes of at least 4 members (excludes halogenated alkanes) is 1. The van der Waals surface area contributed by atoms with Crippen LogP contribution in [0.25, 0.3) is 22.9 Å². The second-order valence-electron chi connectivity index (χ2n) is 6.60. The molecule has 136 valence electrons. The van der Waals surface area contributed by atoms with Crippen LogP contribution in [-0.4, -0.2) is 4.98 Å². The summed E-state index contributed by atoms with van der Waals surface area (Å²) in [5, 5.41) is 12.4. The normalized spacial score (nSPS) is 11.4. The maximum absolute atomic E-state index is 9.59. The zero-order valence-corrected chi connectivity index (χ0v) is 16.7. The highest BCUT2D eigenvalue weighted by molar-refractivity contribution is 7.11. The molecule has 0 fully saturated rings. The van der Waals surface area contributed by atoms with Crippen molar-refractivity contribution in [3.05, 3.63) is 75.6 Å². The van der Waals surface area contributed by atoms with Crippen LogP contribution in [0.4, 0.5) is 0 Å². The summed E-state index contributed by atoms with van der Waals surface area (Å²) < 4.78 is 0. The monoisotopic (exact) mass is 372 g/mol. The number of nitriles is 1. The highest BCUT2D eigenvalue weighted by atomic mass is 32.1. The van der Waals surface area contributed by atoms with Gasteiger partial charge < -0.3 is 0 Å². The zero-order chi connectivity index (χ0) is 19.1. The quantitative estimate of drug-likeness (QED) is 0.429. The van der Waals surface area contributed by atoms with Crippen LogP contribution in [0.5, 0.6) is 0 Å². The van der Waals surface area contributed by atoms with Crippen LogP contribution in [0.1, 0.15) is 48.4 Å². The van der Waals surface area contributed by atoms with Gasteiger partial charge in [-0.15, -0.1) is 11.3 Å². The number of aromatic nitrogens is 1. The molecule has 1 heterocycles. The van der Waals surface area contributed by atoms with Crippen LogP contribution in [0.15, 0.2) is 53.9 Å². The van der Waals surface area contributed by atoms with Crippen molar-refractivity contribution >= 4 is 23.0 Å². The third kappa shape index (κ3) is 4.93. The van der Waals surface area contributed by atoms with E-state index in [1.54, 1.807) is 0 Å². The van der Waals surface area contributed by atoms with Gasteiger partial charge in [0.15, 0.2) is 0 Å². The summed E-state index contributed by atoms with van der Waals surface area (Å²) in [7, 11) is 0. The summed E-state index contributed by atoms with van der Waals surface area (Å²) in [4.78, 5) is 4.70. The Labute approximate surface area is 165 Å². The van der Waals surface area contributed by atoms with Gasteiger partial charge in [-0.05, 0) is 42.0 Å². The summed E-state index contributed by atoms with van der Waals surface area (Å²) in [5.74, 6) is 0. The molecule has 2 nitrogen and oxygen atoms in total. The molecule has 3 heteroatoms. The van der Waals surface area contributed by atoms with Gasteiger partial charge in [0.1, 0.15) is 11.1 Å². The third-order valence-corrected chi connectivity index (χ3v) is 5.50. The van der Waals surface area contributed by atoms with Gasteiger partial charge in [0.2, 0.25) is 0 Å². The predicted molar refractivity (Wildman–Crippen MR) is 115 cm³/mol.